The number of para-hydroxylation sites is 1. The SMILES string of the molecule is CCc1ccccc1Nc1nccc(Nc2ccc(N3CCN(C)CC3)cc2)n1. The van der Waals surface area contributed by atoms with Crippen LogP contribution in [0.4, 0.5) is 28.8 Å². The van der Waals surface area contributed by atoms with Gasteiger partial charge >= 0.3 is 0 Å². The number of nitrogens with zero attached hydrogens (tertiary/aromatic N) is 4. The summed E-state index contributed by atoms with van der Waals surface area (Å²) in [5.41, 5.74) is 4.57. The minimum Gasteiger partial charge on any atom is -0.369 e. The highest BCUT2D eigenvalue weighted by molar-refractivity contribution is 5.63. The number of anilines is 5. The van der Waals surface area contributed by atoms with Gasteiger partial charge in [0.15, 0.2) is 0 Å². The van der Waals surface area contributed by atoms with Crippen LogP contribution in [0.15, 0.2) is 60.8 Å². The van der Waals surface area contributed by atoms with Crippen LogP contribution in [0.1, 0.15) is 12.5 Å². The Kier molecular flexibility index (Phi) is 5.91. The van der Waals surface area contributed by atoms with Crippen LogP contribution >= 0.6 is 0 Å². The number of piperazine rings is 1. The van der Waals surface area contributed by atoms with Crippen molar-refractivity contribution in [3.63, 3.8) is 0 Å². The van der Waals surface area contributed by atoms with Gasteiger partial charge in [0, 0.05) is 49.4 Å². The molecule has 1 fully saturated rings. The molecule has 0 saturated carbocycles. The molecule has 2 heterocycles. The Morgan fingerprint density at radius 1 is 0.897 bits per heavy atom. The Balaban J connectivity index is 1.42. The van der Waals surface area contributed by atoms with Gasteiger partial charge in [0.1, 0.15) is 5.82 Å². The van der Waals surface area contributed by atoms with Gasteiger partial charge in [-0.05, 0) is 55.4 Å². The second-order valence-electron chi connectivity index (χ2n) is 7.36. The molecule has 2 N–H and O–H groups in total. The Labute approximate surface area is 172 Å². The van der Waals surface area contributed by atoms with Gasteiger partial charge in [-0.3, -0.25) is 0 Å². The molecular formula is C23H28N6. The fourth-order valence-electron chi connectivity index (χ4n) is 3.53. The highest BCUT2D eigenvalue weighted by atomic mass is 15.2. The molecule has 0 unspecified atom stereocenters. The normalized spacial score (nSPS) is 14.6. The number of aromatic nitrogens is 2. The lowest BCUT2D eigenvalue weighted by atomic mass is 10.1. The Morgan fingerprint density at radius 2 is 1.66 bits per heavy atom. The molecule has 0 amide bonds. The van der Waals surface area contributed by atoms with Crippen molar-refractivity contribution in [2.45, 2.75) is 13.3 Å². The largest absolute Gasteiger partial charge is 0.369 e. The van der Waals surface area contributed by atoms with E-state index < -0.39 is 0 Å². The maximum Gasteiger partial charge on any atom is 0.229 e. The van der Waals surface area contributed by atoms with E-state index in [1.807, 2.05) is 12.1 Å². The van der Waals surface area contributed by atoms with Gasteiger partial charge in [-0.1, -0.05) is 25.1 Å². The third-order valence-electron chi connectivity index (χ3n) is 5.31. The van der Waals surface area contributed by atoms with Crippen LogP contribution in [0.25, 0.3) is 0 Å². The van der Waals surface area contributed by atoms with Gasteiger partial charge in [-0.2, -0.15) is 4.98 Å². The lowest BCUT2D eigenvalue weighted by Crippen LogP contribution is -2.44. The summed E-state index contributed by atoms with van der Waals surface area (Å²) in [5, 5.41) is 6.71. The average Bonchev–Trinajstić information content (AvgIpc) is 2.76. The summed E-state index contributed by atoms with van der Waals surface area (Å²) < 4.78 is 0. The molecule has 1 aliphatic rings. The summed E-state index contributed by atoms with van der Waals surface area (Å²) in [6.07, 6.45) is 2.73. The zero-order valence-electron chi connectivity index (χ0n) is 17.1. The van der Waals surface area contributed by atoms with Crippen molar-refractivity contribution in [3.05, 3.63) is 66.4 Å². The maximum atomic E-state index is 4.61. The summed E-state index contributed by atoms with van der Waals surface area (Å²) in [6, 6.07) is 18.7. The lowest BCUT2D eigenvalue weighted by molar-refractivity contribution is 0.313. The molecule has 4 rings (SSSR count). The topological polar surface area (TPSA) is 56.3 Å². The molecule has 0 bridgehead atoms. The molecule has 29 heavy (non-hydrogen) atoms. The predicted octanol–water partition coefficient (Wildman–Crippen LogP) is 4.28. The van der Waals surface area contributed by atoms with Gasteiger partial charge < -0.3 is 20.4 Å². The second kappa shape index (κ2) is 8.92. The van der Waals surface area contributed by atoms with E-state index in [4.69, 9.17) is 0 Å². The maximum absolute atomic E-state index is 4.61. The molecule has 6 nitrogen and oxygen atoms in total. The number of rotatable bonds is 6. The van der Waals surface area contributed by atoms with Crippen LogP contribution in [-0.4, -0.2) is 48.1 Å². The van der Waals surface area contributed by atoms with Crippen molar-refractivity contribution in [2.75, 3.05) is 48.8 Å². The lowest BCUT2D eigenvalue weighted by Gasteiger charge is -2.34. The molecule has 150 valence electrons. The number of hydrogen-bond donors (Lipinski definition) is 2. The Morgan fingerprint density at radius 3 is 2.41 bits per heavy atom. The van der Waals surface area contributed by atoms with Gasteiger partial charge in [0.25, 0.3) is 0 Å². The summed E-state index contributed by atoms with van der Waals surface area (Å²) in [7, 11) is 2.18. The van der Waals surface area contributed by atoms with E-state index in [9.17, 15) is 0 Å². The minimum absolute atomic E-state index is 0.588. The van der Waals surface area contributed by atoms with Crippen molar-refractivity contribution in [1.82, 2.24) is 14.9 Å². The Bertz CT molecular complexity index is 932. The van der Waals surface area contributed by atoms with E-state index in [0.29, 0.717) is 5.95 Å². The van der Waals surface area contributed by atoms with E-state index in [-0.39, 0.29) is 0 Å². The first-order valence-electron chi connectivity index (χ1n) is 10.2. The predicted molar refractivity (Wildman–Crippen MR) is 121 cm³/mol. The third-order valence-corrected chi connectivity index (χ3v) is 5.31. The van der Waals surface area contributed by atoms with Gasteiger partial charge in [0.05, 0.1) is 0 Å². The number of nitrogens with one attached hydrogen (secondary N) is 2. The van der Waals surface area contributed by atoms with Crippen molar-refractivity contribution in [1.29, 1.82) is 0 Å². The highest BCUT2D eigenvalue weighted by Gasteiger charge is 2.14. The minimum atomic E-state index is 0.588. The van der Waals surface area contributed by atoms with Crippen molar-refractivity contribution in [3.8, 4) is 0 Å². The molecular weight excluding hydrogens is 360 g/mol. The molecule has 2 aromatic carbocycles. The molecule has 0 radical (unpaired) electrons. The summed E-state index contributed by atoms with van der Waals surface area (Å²) >= 11 is 0. The van der Waals surface area contributed by atoms with E-state index in [1.165, 1.54) is 11.3 Å². The Hall–Kier alpha value is -3.12. The molecule has 1 aromatic heterocycles. The van der Waals surface area contributed by atoms with Gasteiger partial charge in [-0.25, -0.2) is 4.98 Å². The van der Waals surface area contributed by atoms with Crippen LogP contribution < -0.4 is 15.5 Å². The molecule has 0 atom stereocenters. The van der Waals surface area contributed by atoms with Crippen LogP contribution in [0.3, 0.4) is 0 Å². The molecule has 6 heteroatoms. The number of likely N-dealkylation sites (N-methyl/N-ethyl adjacent to an activating group) is 1. The van der Waals surface area contributed by atoms with Crippen LogP contribution in [0.5, 0.6) is 0 Å². The van der Waals surface area contributed by atoms with Crippen LogP contribution in [-0.2, 0) is 6.42 Å². The van der Waals surface area contributed by atoms with Crippen molar-refractivity contribution < 1.29 is 0 Å². The molecule has 1 saturated heterocycles. The van der Waals surface area contributed by atoms with Crippen molar-refractivity contribution in [2.24, 2.45) is 0 Å². The molecule has 1 aliphatic heterocycles. The molecule has 3 aromatic rings. The van der Waals surface area contributed by atoms with Crippen LogP contribution in [0.2, 0.25) is 0 Å². The smallest absolute Gasteiger partial charge is 0.229 e. The average molecular weight is 389 g/mol. The fraction of sp³-hybridized carbons (Fsp3) is 0.304. The quantitative estimate of drug-likeness (QED) is 0.657. The first-order chi connectivity index (χ1) is 14.2. The number of benzene rings is 2. The standard InChI is InChI=1S/C23H28N6/c1-3-18-6-4-5-7-21(18)26-23-24-13-12-22(27-23)25-19-8-10-20(11-9-19)29-16-14-28(2)15-17-29/h4-13H,3,14-17H2,1-2H3,(H2,24,25,26,27). The van der Waals surface area contributed by atoms with E-state index >= 15 is 0 Å². The summed E-state index contributed by atoms with van der Waals surface area (Å²) in [5.74, 6) is 1.36. The number of aryl methyl sites for hydroxylation is 1. The third kappa shape index (κ3) is 4.84. The monoisotopic (exact) mass is 388 g/mol. The van der Waals surface area contributed by atoms with E-state index in [1.54, 1.807) is 6.20 Å². The molecule has 0 spiro atoms. The van der Waals surface area contributed by atoms with Crippen molar-refractivity contribution >= 4 is 28.8 Å². The zero-order valence-corrected chi connectivity index (χ0v) is 17.1. The van der Waals surface area contributed by atoms with Crippen LogP contribution in [0, 0.1) is 0 Å². The first-order valence-corrected chi connectivity index (χ1v) is 10.2. The van der Waals surface area contributed by atoms with Gasteiger partial charge in [-0.15, -0.1) is 0 Å². The second-order valence-corrected chi connectivity index (χ2v) is 7.36. The zero-order chi connectivity index (χ0) is 20.1. The summed E-state index contributed by atoms with van der Waals surface area (Å²) in [4.78, 5) is 13.8. The van der Waals surface area contributed by atoms with E-state index in [0.717, 1.165) is 49.8 Å². The van der Waals surface area contributed by atoms with E-state index in [2.05, 4.69) is 86.8 Å². The van der Waals surface area contributed by atoms with Gasteiger partial charge in [0.2, 0.25) is 5.95 Å². The number of hydrogen-bond acceptors (Lipinski definition) is 6. The molecule has 0 aliphatic carbocycles. The summed E-state index contributed by atoms with van der Waals surface area (Å²) in [6.45, 7) is 6.51. The first kappa shape index (κ1) is 19.2. The fourth-order valence-corrected chi connectivity index (χ4v) is 3.53. The highest BCUT2D eigenvalue weighted by Crippen LogP contribution is 2.23.